The Balaban J connectivity index is 1.74. The molecule has 0 saturated heterocycles. The van der Waals surface area contributed by atoms with Crippen LogP contribution < -0.4 is 10.6 Å². The number of nitrogens with zero attached hydrogens (tertiary/aromatic N) is 1. The average Bonchev–Trinajstić information content (AvgIpc) is 3.36. The third-order valence-corrected chi connectivity index (χ3v) is 6.88. The molecule has 152 valence electrons. The van der Waals surface area contributed by atoms with Crippen molar-refractivity contribution in [3.8, 4) is 0 Å². The SMILES string of the molecule is Cc1cccc(N[C@H](c2ccsc2)c2c(NC(=O)c3ccccc3)sc(C)c2C)n1. The molecule has 1 aromatic carbocycles. The number of nitrogens with one attached hydrogen (secondary N) is 2. The number of amides is 1. The third kappa shape index (κ3) is 4.30. The molecule has 6 heteroatoms. The van der Waals surface area contributed by atoms with Gasteiger partial charge < -0.3 is 10.6 Å². The van der Waals surface area contributed by atoms with Crippen molar-refractivity contribution in [2.24, 2.45) is 0 Å². The Morgan fingerprint density at radius 3 is 2.50 bits per heavy atom. The van der Waals surface area contributed by atoms with E-state index in [1.165, 1.54) is 10.4 Å². The van der Waals surface area contributed by atoms with Gasteiger partial charge in [-0.3, -0.25) is 4.79 Å². The van der Waals surface area contributed by atoms with Crippen LogP contribution >= 0.6 is 22.7 Å². The molecule has 0 saturated carbocycles. The van der Waals surface area contributed by atoms with Gasteiger partial charge in [0.05, 0.1) is 6.04 Å². The molecule has 3 aromatic heterocycles. The standard InChI is InChI=1S/C24H23N3OS2/c1-15-8-7-11-20(25-15)26-22(19-12-13-29-14-19)21-16(2)17(3)30-24(21)27-23(28)18-9-5-4-6-10-18/h4-14,22H,1-3H3,(H,25,26)(H,27,28)/t22-/m1/s1. The molecule has 0 aliphatic rings. The van der Waals surface area contributed by atoms with E-state index in [1.807, 2.05) is 55.5 Å². The fourth-order valence-electron chi connectivity index (χ4n) is 3.38. The van der Waals surface area contributed by atoms with Crippen LogP contribution in [-0.2, 0) is 0 Å². The van der Waals surface area contributed by atoms with Gasteiger partial charge in [0.1, 0.15) is 10.8 Å². The van der Waals surface area contributed by atoms with Crippen molar-refractivity contribution < 1.29 is 4.79 Å². The first kappa shape index (κ1) is 20.3. The zero-order chi connectivity index (χ0) is 21.1. The minimum Gasteiger partial charge on any atom is -0.359 e. The largest absolute Gasteiger partial charge is 0.359 e. The molecule has 0 unspecified atom stereocenters. The molecule has 0 radical (unpaired) electrons. The Bertz CT molecular complexity index is 1150. The van der Waals surface area contributed by atoms with E-state index in [2.05, 4.69) is 46.3 Å². The summed E-state index contributed by atoms with van der Waals surface area (Å²) in [6, 6.07) is 17.3. The van der Waals surface area contributed by atoms with Gasteiger partial charge >= 0.3 is 0 Å². The summed E-state index contributed by atoms with van der Waals surface area (Å²) in [6.07, 6.45) is 0. The van der Waals surface area contributed by atoms with Crippen LogP contribution in [0.4, 0.5) is 10.8 Å². The van der Waals surface area contributed by atoms with Gasteiger partial charge in [-0.2, -0.15) is 11.3 Å². The fraction of sp³-hybridized carbons (Fsp3) is 0.167. The van der Waals surface area contributed by atoms with Crippen molar-refractivity contribution in [1.82, 2.24) is 4.98 Å². The predicted octanol–water partition coefficient (Wildman–Crippen LogP) is 6.58. The smallest absolute Gasteiger partial charge is 0.256 e. The highest BCUT2D eigenvalue weighted by molar-refractivity contribution is 7.16. The van der Waals surface area contributed by atoms with Gasteiger partial charge in [-0.05, 0) is 73.0 Å². The van der Waals surface area contributed by atoms with E-state index in [1.54, 1.807) is 22.7 Å². The number of aryl methyl sites for hydroxylation is 2. The molecule has 4 nitrogen and oxygen atoms in total. The van der Waals surface area contributed by atoms with Crippen LogP contribution in [0.3, 0.4) is 0 Å². The van der Waals surface area contributed by atoms with Crippen LogP contribution in [0, 0.1) is 20.8 Å². The summed E-state index contributed by atoms with van der Waals surface area (Å²) in [5.41, 5.74) is 5.02. The summed E-state index contributed by atoms with van der Waals surface area (Å²) in [5.74, 6) is 0.714. The van der Waals surface area contributed by atoms with Gasteiger partial charge in [-0.25, -0.2) is 4.98 Å². The molecule has 1 amide bonds. The highest BCUT2D eigenvalue weighted by atomic mass is 32.1. The minimum atomic E-state index is -0.110. The van der Waals surface area contributed by atoms with Crippen molar-refractivity contribution in [2.75, 3.05) is 10.6 Å². The Labute approximate surface area is 184 Å². The Morgan fingerprint density at radius 2 is 1.80 bits per heavy atom. The molecule has 0 aliphatic heterocycles. The van der Waals surface area contributed by atoms with Gasteiger partial charge in [0, 0.05) is 21.7 Å². The van der Waals surface area contributed by atoms with E-state index < -0.39 is 0 Å². The van der Waals surface area contributed by atoms with E-state index in [-0.39, 0.29) is 11.9 Å². The van der Waals surface area contributed by atoms with E-state index in [9.17, 15) is 4.79 Å². The zero-order valence-electron chi connectivity index (χ0n) is 17.1. The number of carbonyl (C=O) groups excluding carboxylic acids is 1. The van der Waals surface area contributed by atoms with Crippen LogP contribution in [-0.4, -0.2) is 10.9 Å². The first-order chi connectivity index (χ1) is 14.5. The summed E-state index contributed by atoms with van der Waals surface area (Å²) in [5, 5.41) is 11.8. The van der Waals surface area contributed by atoms with E-state index >= 15 is 0 Å². The number of hydrogen-bond donors (Lipinski definition) is 2. The van der Waals surface area contributed by atoms with Gasteiger partial charge in [0.2, 0.25) is 0 Å². The number of carbonyl (C=O) groups is 1. The minimum absolute atomic E-state index is 0.101. The van der Waals surface area contributed by atoms with Crippen LogP contribution in [0.5, 0.6) is 0 Å². The molecule has 1 atom stereocenters. The number of rotatable bonds is 6. The third-order valence-electron chi connectivity index (χ3n) is 5.04. The number of aromatic nitrogens is 1. The molecular formula is C24H23N3OS2. The zero-order valence-corrected chi connectivity index (χ0v) is 18.7. The molecule has 2 N–H and O–H groups in total. The maximum Gasteiger partial charge on any atom is 0.256 e. The van der Waals surface area contributed by atoms with Crippen LogP contribution in [0.1, 0.15) is 43.7 Å². The first-order valence-electron chi connectivity index (χ1n) is 9.71. The second-order valence-corrected chi connectivity index (χ2v) is 9.15. The Hall–Kier alpha value is -2.96. The lowest BCUT2D eigenvalue weighted by Crippen LogP contribution is -2.17. The topological polar surface area (TPSA) is 54.0 Å². The molecule has 4 aromatic rings. The van der Waals surface area contributed by atoms with E-state index in [0.29, 0.717) is 5.56 Å². The summed E-state index contributed by atoms with van der Waals surface area (Å²) in [7, 11) is 0. The maximum absolute atomic E-state index is 12.9. The van der Waals surface area contributed by atoms with Crippen molar-refractivity contribution in [2.45, 2.75) is 26.8 Å². The van der Waals surface area contributed by atoms with Crippen LogP contribution in [0.2, 0.25) is 0 Å². The van der Waals surface area contributed by atoms with Crippen molar-refractivity contribution in [3.63, 3.8) is 0 Å². The number of anilines is 2. The lowest BCUT2D eigenvalue weighted by Gasteiger charge is -2.21. The number of pyridine rings is 1. The molecule has 0 aliphatic carbocycles. The molecule has 0 fully saturated rings. The van der Waals surface area contributed by atoms with Gasteiger partial charge in [0.25, 0.3) is 5.91 Å². The fourth-order valence-corrected chi connectivity index (χ4v) is 5.16. The quantitative estimate of drug-likeness (QED) is 0.361. The number of hydrogen-bond acceptors (Lipinski definition) is 5. The highest BCUT2D eigenvalue weighted by Crippen LogP contribution is 2.41. The Morgan fingerprint density at radius 1 is 1.00 bits per heavy atom. The first-order valence-corrected chi connectivity index (χ1v) is 11.5. The summed E-state index contributed by atoms with van der Waals surface area (Å²) in [4.78, 5) is 18.7. The van der Waals surface area contributed by atoms with E-state index in [4.69, 9.17) is 0 Å². The number of thiophene rings is 2. The monoisotopic (exact) mass is 433 g/mol. The van der Waals surface area contributed by atoms with Gasteiger partial charge in [-0.1, -0.05) is 24.3 Å². The van der Waals surface area contributed by atoms with Crippen molar-refractivity contribution >= 4 is 39.4 Å². The van der Waals surface area contributed by atoms with E-state index in [0.717, 1.165) is 27.6 Å². The number of benzene rings is 1. The van der Waals surface area contributed by atoms with Crippen molar-refractivity contribution in [1.29, 1.82) is 0 Å². The summed E-state index contributed by atoms with van der Waals surface area (Å²) < 4.78 is 0. The molecule has 30 heavy (non-hydrogen) atoms. The molecule has 0 bridgehead atoms. The average molecular weight is 434 g/mol. The highest BCUT2D eigenvalue weighted by Gasteiger charge is 2.25. The summed E-state index contributed by atoms with van der Waals surface area (Å²) in [6.45, 7) is 6.19. The lowest BCUT2D eigenvalue weighted by molar-refractivity contribution is 0.102. The normalized spacial score (nSPS) is 11.8. The Kier molecular flexibility index (Phi) is 5.97. The van der Waals surface area contributed by atoms with Gasteiger partial charge in [0.15, 0.2) is 0 Å². The van der Waals surface area contributed by atoms with Crippen LogP contribution in [0.15, 0.2) is 65.4 Å². The molecule has 0 spiro atoms. The molecule has 3 heterocycles. The maximum atomic E-state index is 12.9. The second kappa shape index (κ2) is 8.81. The predicted molar refractivity (Wildman–Crippen MR) is 127 cm³/mol. The van der Waals surface area contributed by atoms with Crippen LogP contribution in [0.25, 0.3) is 0 Å². The second-order valence-electron chi connectivity index (χ2n) is 7.14. The lowest BCUT2D eigenvalue weighted by atomic mass is 9.98. The summed E-state index contributed by atoms with van der Waals surface area (Å²) >= 11 is 3.28. The van der Waals surface area contributed by atoms with Crippen molar-refractivity contribution in [3.05, 3.63) is 98.2 Å². The molecular weight excluding hydrogens is 410 g/mol. The molecule has 4 rings (SSSR count). The van der Waals surface area contributed by atoms with Gasteiger partial charge in [-0.15, -0.1) is 11.3 Å².